The molecule has 1 amide bonds. The van der Waals surface area contributed by atoms with Gasteiger partial charge in [-0.3, -0.25) is 9.59 Å². The Bertz CT molecular complexity index is 324. The zero-order chi connectivity index (χ0) is 14.3. The van der Waals surface area contributed by atoms with E-state index in [-0.39, 0.29) is 12.2 Å². The standard InChI is InChI=1S/C11H19NO5S/c1-11(2,3)17-9(14)5-7(10(15)16)12-8(13)6-18-4/h7H,5-6H2,1-4H3,(H,12,13)(H,15,16)/t7-/m0/s1. The SMILES string of the molecule is CSCC(=O)N[C@@H](CC(=O)OC(C)(C)C)C(=O)O. The van der Waals surface area contributed by atoms with Crippen LogP contribution in [-0.2, 0) is 19.1 Å². The fourth-order valence-electron chi connectivity index (χ4n) is 1.12. The highest BCUT2D eigenvalue weighted by atomic mass is 32.2. The minimum atomic E-state index is -1.25. The Morgan fingerprint density at radius 2 is 1.89 bits per heavy atom. The number of thioether (sulfide) groups is 1. The van der Waals surface area contributed by atoms with Crippen molar-refractivity contribution in [2.45, 2.75) is 38.8 Å². The highest BCUT2D eigenvalue weighted by molar-refractivity contribution is 7.99. The summed E-state index contributed by atoms with van der Waals surface area (Å²) in [5.41, 5.74) is -0.677. The molecule has 0 unspecified atom stereocenters. The van der Waals surface area contributed by atoms with Gasteiger partial charge >= 0.3 is 11.9 Å². The first-order valence-corrected chi connectivity index (χ1v) is 6.78. The summed E-state index contributed by atoms with van der Waals surface area (Å²) in [5, 5.41) is 11.2. The number of rotatable bonds is 6. The molecule has 1 atom stereocenters. The molecule has 0 aliphatic rings. The average Bonchev–Trinajstić information content (AvgIpc) is 2.13. The van der Waals surface area contributed by atoms with Crippen LogP contribution in [0.15, 0.2) is 0 Å². The lowest BCUT2D eigenvalue weighted by atomic mass is 10.1. The van der Waals surface area contributed by atoms with Crippen molar-refractivity contribution in [3.05, 3.63) is 0 Å². The molecule has 0 aromatic rings. The number of aliphatic carboxylic acids is 1. The number of carbonyl (C=O) groups excluding carboxylic acids is 2. The third-order valence-electron chi connectivity index (χ3n) is 1.70. The van der Waals surface area contributed by atoms with Gasteiger partial charge in [-0.25, -0.2) is 4.79 Å². The summed E-state index contributed by atoms with van der Waals surface area (Å²) < 4.78 is 5.00. The minimum absolute atomic E-state index is 0.151. The van der Waals surface area contributed by atoms with E-state index in [4.69, 9.17) is 9.84 Å². The van der Waals surface area contributed by atoms with Gasteiger partial charge in [0.1, 0.15) is 11.6 Å². The summed E-state index contributed by atoms with van der Waals surface area (Å²) in [6.07, 6.45) is 1.34. The van der Waals surface area contributed by atoms with Gasteiger partial charge in [-0.2, -0.15) is 11.8 Å². The van der Waals surface area contributed by atoms with E-state index in [0.29, 0.717) is 0 Å². The number of carboxylic acid groups (broad SMARTS) is 1. The van der Waals surface area contributed by atoms with Gasteiger partial charge in [0.15, 0.2) is 0 Å². The van der Waals surface area contributed by atoms with Crippen LogP contribution in [-0.4, -0.2) is 46.6 Å². The molecule has 0 bridgehead atoms. The van der Waals surface area contributed by atoms with Crippen LogP contribution in [0.5, 0.6) is 0 Å². The van der Waals surface area contributed by atoms with Crippen molar-refractivity contribution in [1.82, 2.24) is 5.32 Å². The van der Waals surface area contributed by atoms with E-state index in [9.17, 15) is 14.4 Å². The van der Waals surface area contributed by atoms with Crippen molar-refractivity contribution < 1.29 is 24.2 Å². The van der Waals surface area contributed by atoms with Crippen LogP contribution in [0, 0.1) is 0 Å². The summed E-state index contributed by atoms with van der Waals surface area (Å²) in [4.78, 5) is 33.7. The minimum Gasteiger partial charge on any atom is -0.480 e. The maximum Gasteiger partial charge on any atom is 0.326 e. The Kier molecular flexibility index (Phi) is 6.75. The van der Waals surface area contributed by atoms with E-state index in [0.717, 1.165) is 0 Å². The first-order valence-electron chi connectivity index (χ1n) is 5.38. The summed E-state index contributed by atoms with van der Waals surface area (Å²) >= 11 is 1.27. The topological polar surface area (TPSA) is 92.7 Å². The van der Waals surface area contributed by atoms with Crippen LogP contribution in [0.3, 0.4) is 0 Å². The fourth-order valence-corrected chi connectivity index (χ4v) is 1.46. The average molecular weight is 277 g/mol. The molecule has 0 aliphatic carbocycles. The maximum atomic E-state index is 11.5. The number of hydrogen-bond acceptors (Lipinski definition) is 5. The second kappa shape index (κ2) is 7.25. The molecule has 7 heteroatoms. The third kappa shape index (κ3) is 7.94. The largest absolute Gasteiger partial charge is 0.480 e. The summed E-state index contributed by atoms with van der Waals surface area (Å²) in [6.45, 7) is 5.06. The van der Waals surface area contributed by atoms with E-state index < -0.39 is 29.5 Å². The lowest BCUT2D eigenvalue weighted by Crippen LogP contribution is -2.43. The zero-order valence-electron chi connectivity index (χ0n) is 11.0. The molecule has 6 nitrogen and oxygen atoms in total. The van der Waals surface area contributed by atoms with Gasteiger partial charge in [-0.15, -0.1) is 0 Å². The Morgan fingerprint density at radius 3 is 2.28 bits per heavy atom. The summed E-state index contributed by atoms with van der Waals surface area (Å²) in [5.74, 6) is -2.17. The van der Waals surface area contributed by atoms with Gasteiger partial charge in [0, 0.05) is 0 Å². The predicted molar refractivity (Wildman–Crippen MR) is 68.4 cm³/mol. The van der Waals surface area contributed by atoms with Crippen molar-refractivity contribution >= 4 is 29.6 Å². The van der Waals surface area contributed by atoms with Crippen molar-refractivity contribution in [2.75, 3.05) is 12.0 Å². The molecule has 2 N–H and O–H groups in total. The number of carbonyl (C=O) groups is 3. The smallest absolute Gasteiger partial charge is 0.326 e. The van der Waals surface area contributed by atoms with Crippen LogP contribution in [0.25, 0.3) is 0 Å². The Hall–Kier alpha value is -1.24. The van der Waals surface area contributed by atoms with Crippen LogP contribution in [0.2, 0.25) is 0 Å². The molecule has 18 heavy (non-hydrogen) atoms. The third-order valence-corrected chi connectivity index (χ3v) is 2.25. The summed E-state index contributed by atoms with van der Waals surface area (Å²) in [7, 11) is 0. The monoisotopic (exact) mass is 277 g/mol. The lowest BCUT2D eigenvalue weighted by Gasteiger charge is -2.21. The zero-order valence-corrected chi connectivity index (χ0v) is 11.8. The van der Waals surface area contributed by atoms with Crippen molar-refractivity contribution in [2.24, 2.45) is 0 Å². The van der Waals surface area contributed by atoms with Gasteiger partial charge in [0.25, 0.3) is 0 Å². The molecule has 104 valence electrons. The van der Waals surface area contributed by atoms with Gasteiger partial charge < -0.3 is 15.2 Å². The number of amides is 1. The van der Waals surface area contributed by atoms with E-state index in [1.165, 1.54) is 11.8 Å². The van der Waals surface area contributed by atoms with E-state index in [1.807, 2.05) is 0 Å². The molecule has 0 saturated carbocycles. The molecule has 0 saturated heterocycles. The quantitative estimate of drug-likeness (QED) is 0.692. The second-order valence-corrected chi connectivity index (χ2v) is 5.55. The normalized spacial score (nSPS) is 12.7. The van der Waals surface area contributed by atoms with E-state index >= 15 is 0 Å². The molecule has 0 aliphatic heterocycles. The molecule has 0 radical (unpaired) electrons. The first kappa shape index (κ1) is 16.8. The Morgan fingerprint density at radius 1 is 1.33 bits per heavy atom. The van der Waals surface area contributed by atoms with Crippen LogP contribution in [0.4, 0.5) is 0 Å². The van der Waals surface area contributed by atoms with Crippen molar-refractivity contribution in [1.29, 1.82) is 0 Å². The summed E-state index contributed by atoms with van der Waals surface area (Å²) in [6, 6.07) is -1.25. The molecule has 0 aromatic carbocycles. The molecule has 0 rings (SSSR count). The molecule has 0 spiro atoms. The predicted octanol–water partition coefficient (Wildman–Crippen LogP) is 0.651. The van der Waals surface area contributed by atoms with Crippen LogP contribution in [0.1, 0.15) is 27.2 Å². The van der Waals surface area contributed by atoms with Crippen molar-refractivity contribution in [3.63, 3.8) is 0 Å². The number of esters is 1. The lowest BCUT2D eigenvalue weighted by molar-refractivity contribution is -0.158. The van der Waals surface area contributed by atoms with Gasteiger partial charge in [0.05, 0.1) is 12.2 Å². The maximum absolute atomic E-state index is 11.5. The Balaban J connectivity index is 4.41. The van der Waals surface area contributed by atoms with Crippen LogP contribution >= 0.6 is 11.8 Å². The van der Waals surface area contributed by atoms with Gasteiger partial charge in [-0.05, 0) is 27.0 Å². The number of ether oxygens (including phenoxy) is 1. The van der Waals surface area contributed by atoms with Crippen molar-refractivity contribution in [3.8, 4) is 0 Å². The second-order valence-electron chi connectivity index (χ2n) is 4.68. The first-order chi connectivity index (χ1) is 8.15. The van der Waals surface area contributed by atoms with Crippen LogP contribution < -0.4 is 5.32 Å². The van der Waals surface area contributed by atoms with Gasteiger partial charge in [-0.1, -0.05) is 0 Å². The molecule has 0 heterocycles. The van der Waals surface area contributed by atoms with Gasteiger partial charge in [0.2, 0.25) is 5.91 Å². The Labute approximate surface area is 110 Å². The van der Waals surface area contributed by atoms with E-state index in [2.05, 4.69) is 5.32 Å². The fraction of sp³-hybridized carbons (Fsp3) is 0.727. The highest BCUT2D eigenvalue weighted by Crippen LogP contribution is 2.09. The molecule has 0 fully saturated rings. The number of carboxylic acids is 1. The van der Waals surface area contributed by atoms with E-state index in [1.54, 1.807) is 27.0 Å². The number of hydrogen-bond donors (Lipinski definition) is 2. The number of nitrogens with one attached hydrogen (secondary N) is 1. The molecular formula is C11H19NO5S. The molecule has 0 aromatic heterocycles. The highest BCUT2D eigenvalue weighted by Gasteiger charge is 2.26. The molecular weight excluding hydrogens is 258 g/mol.